The predicted octanol–water partition coefficient (Wildman–Crippen LogP) is 7.05. The van der Waals surface area contributed by atoms with Crippen molar-refractivity contribution in [2.75, 3.05) is 0 Å². The van der Waals surface area contributed by atoms with Gasteiger partial charge in [-0.1, -0.05) is 29.8 Å². The molecule has 1 aliphatic rings. The van der Waals surface area contributed by atoms with Crippen LogP contribution in [0.2, 0.25) is 5.02 Å². The van der Waals surface area contributed by atoms with Crippen molar-refractivity contribution in [2.24, 2.45) is 5.92 Å². The lowest BCUT2D eigenvalue weighted by Gasteiger charge is -2.13. The third kappa shape index (κ3) is 3.88. The molecule has 3 heterocycles. The molecule has 1 aliphatic carbocycles. The highest BCUT2D eigenvalue weighted by Gasteiger charge is 2.45. The minimum atomic E-state index is -4.08. The third-order valence-corrected chi connectivity index (χ3v) is 10.6. The molecule has 2 aromatic carbocycles. The fourth-order valence-corrected chi connectivity index (χ4v) is 8.36. The number of fused-ring (bicyclic) bond motifs is 1. The number of carbonyl (C=O) groups is 1. The monoisotopic (exact) mass is 564 g/mol. The average molecular weight is 565 g/mol. The first-order valence-corrected chi connectivity index (χ1v) is 14.8. The van der Waals surface area contributed by atoms with Gasteiger partial charge in [-0.3, -0.25) is 4.79 Å². The molecule has 37 heavy (non-hydrogen) atoms. The molecular formula is C27H17ClN2O4S3. The fraction of sp³-hybridized carbons (Fsp3) is 0.111. The number of carboxylic acids is 1. The van der Waals surface area contributed by atoms with Gasteiger partial charge in [0.05, 0.1) is 26.9 Å². The van der Waals surface area contributed by atoms with E-state index >= 15 is 0 Å². The van der Waals surface area contributed by atoms with Crippen molar-refractivity contribution in [2.45, 2.75) is 17.2 Å². The van der Waals surface area contributed by atoms with Crippen LogP contribution in [0.5, 0.6) is 0 Å². The summed E-state index contributed by atoms with van der Waals surface area (Å²) in [6.07, 6.45) is 0.567. The van der Waals surface area contributed by atoms with Gasteiger partial charge in [0.1, 0.15) is 10.9 Å². The summed E-state index contributed by atoms with van der Waals surface area (Å²) in [7, 11) is -4.08. The van der Waals surface area contributed by atoms with Crippen LogP contribution in [-0.2, 0) is 14.8 Å². The van der Waals surface area contributed by atoms with E-state index in [0.717, 1.165) is 4.88 Å². The number of hydrogen-bond donors (Lipinski definition) is 1. The molecule has 1 fully saturated rings. The Balaban J connectivity index is 1.67. The van der Waals surface area contributed by atoms with Gasteiger partial charge in [-0.05, 0) is 60.3 Å². The second-order valence-electron chi connectivity index (χ2n) is 8.73. The molecule has 184 valence electrons. The minimum Gasteiger partial charge on any atom is -0.481 e. The van der Waals surface area contributed by atoms with E-state index in [9.17, 15) is 23.6 Å². The van der Waals surface area contributed by atoms with E-state index in [1.807, 2.05) is 35.7 Å². The number of carboxylic acid groups (broad SMARTS) is 1. The molecule has 6 nitrogen and oxygen atoms in total. The smallest absolute Gasteiger partial charge is 0.307 e. The molecule has 1 N–H and O–H groups in total. The Labute approximate surface area is 225 Å². The summed E-state index contributed by atoms with van der Waals surface area (Å²) >= 11 is 8.73. The highest BCUT2D eigenvalue weighted by Crippen LogP contribution is 2.53. The summed E-state index contributed by atoms with van der Waals surface area (Å²) in [5.41, 5.74) is 2.26. The van der Waals surface area contributed by atoms with Crippen molar-refractivity contribution in [3.63, 3.8) is 0 Å². The van der Waals surface area contributed by atoms with Gasteiger partial charge in [0, 0.05) is 32.3 Å². The van der Waals surface area contributed by atoms with E-state index in [1.165, 1.54) is 50.9 Å². The average Bonchev–Trinajstić information content (AvgIpc) is 3.20. The maximum atomic E-state index is 14.2. The molecule has 1 saturated carbocycles. The maximum absolute atomic E-state index is 14.2. The summed E-state index contributed by atoms with van der Waals surface area (Å²) in [6.45, 7) is 0. The Hall–Kier alpha value is -3.42. The highest BCUT2D eigenvalue weighted by molar-refractivity contribution is 7.90. The Kier molecular flexibility index (Phi) is 5.73. The predicted molar refractivity (Wildman–Crippen MR) is 146 cm³/mol. The van der Waals surface area contributed by atoms with E-state index in [-0.39, 0.29) is 10.8 Å². The van der Waals surface area contributed by atoms with Crippen LogP contribution in [-0.4, -0.2) is 23.5 Å². The van der Waals surface area contributed by atoms with E-state index in [0.29, 0.717) is 48.9 Å². The van der Waals surface area contributed by atoms with Crippen LogP contribution in [0.15, 0.2) is 77.0 Å². The van der Waals surface area contributed by atoms with Crippen LogP contribution in [0.25, 0.3) is 32.6 Å². The van der Waals surface area contributed by atoms with Crippen molar-refractivity contribution in [3.05, 3.63) is 86.9 Å². The lowest BCUT2D eigenvalue weighted by molar-refractivity contribution is -0.138. The number of halogens is 1. The quantitative estimate of drug-likeness (QED) is 0.238. The Morgan fingerprint density at radius 1 is 1.08 bits per heavy atom. The van der Waals surface area contributed by atoms with Crippen LogP contribution in [0.3, 0.4) is 0 Å². The maximum Gasteiger partial charge on any atom is 0.307 e. The molecule has 0 spiro atoms. The molecular weight excluding hydrogens is 548 g/mol. The standard InChI is InChI=1S/C27H17ClN2O4S3/c28-15-5-7-16(8-6-15)37(33,34)30-21-4-2-1-3-17(21)25(18-11-12-35-24(18)14-29)26(30)23-10-9-22(36-23)19-13-20(19)27(31)32/h1-12,19-20H,13H2,(H,31,32). The van der Waals surface area contributed by atoms with Gasteiger partial charge in [0.25, 0.3) is 10.0 Å². The molecule has 0 radical (unpaired) electrons. The summed E-state index contributed by atoms with van der Waals surface area (Å²) in [5.74, 6) is -1.32. The summed E-state index contributed by atoms with van der Waals surface area (Å²) in [4.78, 5) is 13.6. The SMILES string of the molecule is N#Cc1sccc1-c1c(-c2ccc(C3CC3C(=O)O)s2)n(S(=O)(=O)c2ccc(Cl)cc2)c2ccccc12. The highest BCUT2D eigenvalue weighted by atomic mass is 35.5. The molecule has 10 heteroatoms. The minimum absolute atomic E-state index is 0.0822. The lowest BCUT2D eigenvalue weighted by Crippen LogP contribution is -2.14. The summed E-state index contributed by atoms with van der Waals surface area (Å²) in [5, 5.41) is 22.2. The molecule has 2 unspecified atom stereocenters. The number of aromatic nitrogens is 1. The van der Waals surface area contributed by atoms with Gasteiger partial charge in [0.2, 0.25) is 0 Å². The van der Waals surface area contributed by atoms with Crippen molar-refractivity contribution in [1.82, 2.24) is 3.97 Å². The number of aliphatic carboxylic acids is 1. The first-order chi connectivity index (χ1) is 17.8. The van der Waals surface area contributed by atoms with Crippen molar-refractivity contribution >= 4 is 61.2 Å². The first-order valence-electron chi connectivity index (χ1n) is 11.3. The van der Waals surface area contributed by atoms with Gasteiger partial charge in [0.15, 0.2) is 0 Å². The van der Waals surface area contributed by atoms with Gasteiger partial charge in [-0.2, -0.15) is 5.26 Å². The van der Waals surface area contributed by atoms with Crippen LogP contribution in [0.4, 0.5) is 0 Å². The second kappa shape index (κ2) is 8.85. The van der Waals surface area contributed by atoms with Crippen LogP contribution < -0.4 is 0 Å². The topological polar surface area (TPSA) is 100 Å². The van der Waals surface area contributed by atoms with E-state index in [4.69, 9.17) is 11.6 Å². The summed E-state index contributed by atoms with van der Waals surface area (Å²) < 4.78 is 29.7. The molecule has 6 rings (SSSR count). The zero-order valence-electron chi connectivity index (χ0n) is 19.0. The molecule has 0 bridgehead atoms. The number of benzene rings is 2. The van der Waals surface area contributed by atoms with Crippen LogP contribution >= 0.6 is 34.3 Å². The molecule has 0 amide bonds. The zero-order valence-corrected chi connectivity index (χ0v) is 22.2. The number of rotatable bonds is 6. The largest absolute Gasteiger partial charge is 0.481 e. The van der Waals surface area contributed by atoms with E-state index in [2.05, 4.69) is 6.07 Å². The normalized spacial score (nSPS) is 17.1. The van der Waals surface area contributed by atoms with Gasteiger partial charge in [-0.15, -0.1) is 22.7 Å². The number of hydrogen-bond acceptors (Lipinski definition) is 6. The third-order valence-electron chi connectivity index (χ3n) is 6.55. The number of thiophene rings is 2. The second-order valence-corrected chi connectivity index (χ2v) is 13.0. The van der Waals surface area contributed by atoms with Crippen molar-refractivity contribution in [1.29, 1.82) is 5.26 Å². The van der Waals surface area contributed by atoms with Gasteiger partial charge in [-0.25, -0.2) is 12.4 Å². The Bertz CT molecular complexity index is 1840. The van der Waals surface area contributed by atoms with Crippen LogP contribution in [0, 0.1) is 17.2 Å². The van der Waals surface area contributed by atoms with Crippen molar-refractivity contribution < 1.29 is 18.3 Å². The Morgan fingerprint density at radius 2 is 1.84 bits per heavy atom. The molecule has 0 aliphatic heterocycles. The summed E-state index contributed by atoms with van der Waals surface area (Å²) in [6, 6.07) is 21.1. The van der Waals surface area contributed by atoms with Gasteiger partial charge >= 0.3 is 5.97 Å². The van der Waals surface area contributed by atoms with Crippen molar-refractivity contribution in [3.8, 4) is 27.8 Å². The zero-order chi connectivity index (χ0) is 25.9. The fourth-order valence-electron chi connectivity index (χ4n) is 4.72. The van der Waals surface area contributed by atoms with E-state index in [1.54, 1.807) is 12.1 Å². The molecule has 0 saturated heterocycles. The number of nitrogens with zero attached hydrogens (tertiary/aromatic N) is 2. The Morgan fingerprint density at radius 3 is 2.54 bits per heavy atom. The number of nitriles is 1. The van der Waals surface area contributed by atoms with Gasteiger partial charge < -0.3 is 5.11 Å². The lowest BCUT2D eigenvalue weighted by atomic mass is 10.0. The van der Waals surface area contributed by atoms with Crippen LogP contribution in [0.1, 0.15) is 22.1 Å². The molecule has 2 atom stereocenters. The number of para-hydroxylation sites is 1. The first kappa shape index (κ1) is 23.9. The molecule has 5 aromatic rings. The molecule has 3 aromatic heterocycles. The van der Waals surface area contributed by atoms with E-state index < -0.39 is 21.9 Å².